The summed E-state index contributed by atoms with van der Waals surface area (Å²) in [5, 5.41) is 0. The van der Waals surface area contributed by atoms with Gasteiger partial charge in [0, 0.05) is 25.9 Å². The second-order valence-corrected chi connectivity index (χ2v) is 17.8. The van der Waals surface area contributed by atoms with Crippen molar-refractivity contribution in [2.75, 3.05) is 45.9 Å². The van der Waals surface area contributed by atoms with E-state index in [1.165, 1.54) is 128 Å². The molecule has 1 heterocycles. The van der Waals surface area contributed by atoms with Gasteiger partial charge in [0.1, 0.15) is 0 Å². The lowest BCUT2D eigenvalue weighted by atomic mass is 9.91. The molecule has 7 heteroatoms. The van der Waals surface area contributed by atoms with Crippen LogP contribution in [-0.4, -0.2) is 73.6 Å². The highest BCUT2D eigenvalue weighted by molar-refractivity contribution is 5.78. The van der Waals surface area contributed by atoms with Crippen molar-refractivity contribution < 1.29 is 23.9 Å². The summed E-state index contributed by atoms with van der Waals surface area (Å²) in [6.45, 7) is 14.5. The van der Waals surface area contributed by atoms with Crippen LogP contribution in [0.1, 0.15) is 246 Å². The van der Waals surface area contributed by atoms with Gasteiger partial charge in [0.05, 0.1) is 19.8 Å². The fourth-order valence-electron chi connectivity index (χ4n) is 8.66. The SMILES string of the molecule is CCCCCC(CCCCC)CCCOC(=O)CCCCCCCN(CCCCCCCC(=O)OCCCC(CCCCC)CCCCC)C(=O)CN1CCCC1. The zero-order chi connectivity index (χ0) is 41.4. The molecule has 1 aliphatic rings. The van der Waals surface area contributed by atoms with Crippen molar-refractivity contribution in [3.05, 3.63) is 0 Å². The second-order valence-electron chi connectivity index (χ2n) is 17.8. The predicted octanol–water partition coefficient (Wildman–Crippen LogP) is 13.8. The van der Waals surface area contributed by atoms with Crippen LogP contribution >= 0.6 is 0 Å². The molecule has 0 saturated carbocycles. The number of carbonyl (C=O) groups excluding carboxylic acids is 3. The number of esters is 2. The molecule has 0 unspecified atom stereocenters. The van der Waals surface area contributed by atoms with Gasteiger partial charge in [-0.1, -0.05) is 169 Å². The molecule has 57 heavy (non-hydrogen) atoms. The third kappa shape index (κ3) is 32.9. The molecule has 0 aromatic carbocycles. The monoisotopic (exact) mass is 805 g/mol. The molecule has 1 fully saturated rings. The largest absolute Gasteiger partial charge is 0.466 e. The van der Waals surface area contributed by atoms with Crippen LogP contribution in [0.25, 0.3) is 0 Å². The number of carbonyl (C=O) groups is 3. The topological polar surface area (TPSA) is 76.1 Å². The third-order valence-electron chi connectivity index (χ3n) is 12.4. The average Bonchev–Trinajstić information content (AvgIpc) is 3.72. The first-order chi connectivity index (χ1) is 27.9. The van der Waals surface area contributed by atoms with Crippen molar-refractivity contribution in [2.45, 2.75) is 246 Å². The highest BCUT2D eigenvalue weighted by atomic mass is 16.5. The Labute approximate surface area is 354 Å². The number of nitrogens with zero attached hydrogens (tertiary/aromatic N) is 2. The van der Waals surface area contributed by atoms with E-state index in [-0.39, 0.29) is 17.8 Å². The molecule has 1 aliphatic heterocycles. The zero-order valence-corrected chi connectivity index (χ0v) is 38.6. The number of likely N-dealkylation sites (tertiary alicyclic amines) is 1. The summed E-state index contributed by atoms with van der Waals surface area (Å²) in [5.74, 6) is 1.79. The number of unbranched alkanes of at least 4 members (excludes halogenated alkanes) is 16. The molecule has 0 N–H and O–H groups in total. The van der Waals surface area contributed by atoms with Gasteiger partial charge in [-0.05, 0) is 89.1 Å². The molecule has 1 rings (SSSR count). The Balaban J connectivity index is 2.22. The summed E-state index contributed by atoms with van der Waals surface area (Å²) in [7, 11) is 0. The maximum Gasteiger partial charge on any atom is 0.305 e. The van der Waals surface area contributed by atoms with Crippen molar-refractivity contribution in [1.82, 2.24) is 9.80 Å². The minimum absolute atomic E-state index is 0.0352. The summed E-state index contributed by atoms with van der Waals surface area (Å²) in [5.41, 5.74) is 0. The van der Waals surface area contributed by atoms with Crippen LogP contribution in [0.2, 0.25) is 0 Å². The fourth-order valence-corrected chi connectivity index (χ4v) is 8.66. The van der Waals surface area contributed by atoms with E-state index in [0.29, 0.717) is 32.6 Å². The highest BCUT2D eigenvalue weighted by Crippen LogP contribution is 2.24. The van der Waals surface area contributed by atoms with Crippen LogP contribution in [0.5, 0.6) is 0 Å². The van der Waals surface area contributed by atoms with Crippen LogP contribution in [0.4, 0.5) is 0 Å². The predicted molar refractivity (Wildman–Crippen MR) is 242 cm³/mol. The molecule has 0 atom stereocenters. The molecular formula is C50H96N2O5. The maximum absolute atomic E-state index is 13.3. The van der Waals surface area contributed by atoms with Gasteiger partial charge in [0.15, 0.2) is 0 Å². The number of amides is 1. The van der Waals surface area contributed by atoms with E-state index < -0.39 is 0 Å². The first kappa shape index (κ1) is 53.4. The smallest absolute Gasteiger partial charge is 0.305 e. The molecule has 7 nitrogen and oxygen atoms in total. The Morgan fingerprint density at radius 3 is 1.19 bits per heavy atom. The summed E-state index contributed by atoms with van der Waals surface area (Å²) < 4.78 is 11.2. The Bertz CT molecular complexity index is 844. The van der Waals surface area contributed by atoms with Crippen LogP contribution in [0.15, 0.2) is 0 Å². The molecule has 1 saturated heterocycles. The van der Waals surface area contributed by atoms with Gasteiger partial charge in [-0.3, -0.25) is 19.3 Å². The molecule has 0 radical (unpaired) electrons. The van der Waals surface area contributed by atoms with Gasteiger partial charge in [-0.2, -0.15) is 0 Å². The summed E-state index contributed by atoms with van der Waals surface area (Å²) in [4.78, 5) is 42.4. The molecule has 1 amide bonds. The van der Waals surface area contributed by atoms with Crippen LogP contribution in [0, 0.1) is 11.8 Å². The van der Waals surface area contributed by atoms with Crippen LogP contribution in [-0.2, 0) is 23.9 Å². The fraction of sp³-hybridized carbons (Fsp3) is 0.940. The summed E-state index contributed by atoms with van der Waals surface area (Å²) >= 11 is 0. The van der Waals surface area contributed by atoms with Gasteiger partial charge >= 0.3 is 11.9 Å². The van der Waals surface area contributed by atoms with Crippen LogP contribution < -0.4 is 0 Å². The van der Waals surface area contributed by atoms with Crippen molar-refractivity contribution >= 4 is 17.8 Å². The quantitative estimate of drug-likeness (QED) is 0.0452. The van der Waals surface area contributed by atoms with Crippen molar-refractivity contribution in [3.63, 3.8) is 0 Å². The number of rotatable bonds is 42. The second kappa shape index (κ2) is 39.8. The van der Waals surface area contributed by atoms with E-state index in [1.807, 2.05) is 0 Å². The summed E-state index contributed by atoms with van der Waals surface area (Å²) in [6, 6.07) is 0. The minimum Gasteiger partial charge on any atom is -0.466 e. The maximum atomic E-state index is 13.3. The average molecular weight is 805 g/mol. The Hall–Kier alpha value is -1.63. The zero-order valence-electron chi connectivity index (χ0n) is 38.6. The minimum atomic E-state index is -0.0352. The van der Waals surface area contributed by atoms with Gasteiger partial charge < -0.3 is 14.4 Å². The first-order valence-corrected chi connectivity index (χ1v) is 25.2. The van der Waals surface area contributed by atoms with E-state index >= 15 is 0 Å². The van der Waals surface area contributed by atoms with Gasteiger partial charge in [-0.25, -0.2) is 0 Å². The van der Waals surface area contributed by atoms with Gasteiger partial charge in [-0.15, -0.1) is 0 Å². The number of ether oxygens (including phenoxy) is 2. The molecule has 0 aliphatic carbocycles. The normalized spacial score (nSPS) is 13.2. The van der Waals surface area contributed by atoms with E-state index in [4.69, 9.17) is 9.47 Å². The molecule has 0 spiro atoms. The number of hydrogen-bond acceptors (Lipinski definition) is 6. The molecule has 336 valence electrons. The van der Waals surface area contributed by atoms with Crippen molar-refractivity contribution in [2.24, 2.45) is 11.8 Å². The Morgan fingerprint density at radius 2 is 0.807 bits per heavy atom. The standard InChI is InChI=1S/C50H96N2O5/c1-5-9-19-31-46(32-20-10-6-2)35-29-43-56-49(54)37-23-15-13-17-25-41-52(48(53)45-51-39-27-28-40-51)42-26-18-14-16-24-38-50(55)57-44-30-36-47(33-21-11-7-3)34-22-12-8-4/h46-47H,5-45H2,1-4H3. The Kier molecular flexibility index (Phi) is 37.3. The first-order valence-electron chi connectivity index (χ1n) is 25.2. The number of hydrogen-bond donors (Lipinski definition) is 0. The lowest BCUT2D eigenvalue weighted by molar-refractivity contribution is -0.144. The van der Waals surface area contributed by atoms with Crippen molar-refractivity contribution in [3.8, 4) is 0 Å². The summed E-state index contributed by atoms with van der Waals surface area (Å²) in [6.07, 6.45) is 39.2. The van der Waals surface area contributed by atoms with E-state index in [2.05, 4.69) is 37.5 Å². The molecule has 0 aromatic rings. The van der Waals surface area contributed by atoms with Crippen LogP contribution in [0.3, 0.4) is 0 Å². The lowest BCUT2D eigenvalue weighted by Crippen LogP contribution is -2.40. The van der Waals surface area contributed by atoms with E-state index in [1.54, 1.807) is 0 Å². The van der Waals surface area contributed by atoms with E-state index in [9.17, 15) is 14.4 Å². The molecular weight excluding hydrogens is 709 g/mol. The third-order valence-corrected chi connectivity index (χ3v) is 12.4. The Morgan fingerprint density at radius 1 is 0.456 bits per heavy atom. The molecule has 0 aromatic heterocycles. The lowest BCUT2D eigenvalue weighted by Gasteiger charge is -2.25. The van der Waals surface area contributed by atoms with Gasteiger partial charge in [0.25, 0.3) is 0 Å². The van der Waals surface area contributed by atoms with Gasteiger partial charge in [0.2, 0.25) is 5.91 Å². The van der Waals surface area contributed by atoms with Crippen molar-refractivity contribution in [1.29, 1.82) is 0 Å². The van der Waals surface area contributed by atoms with E-state index in [0.717, 1.165) is 115 Å². The molecule has 0 bridgehead atoms. The highest BCUT2D eigenvalue weighted by Gasteiger charge is 2.20.